The summed E-state index contributed by atoms with van der Waals surface area (Å²) in [5, 5.41) is 0. The number of rotatable bonds is 5. The van der Waals surface area contributed by atoms with Crippen LogP contribution in [0.3, 0.4) is 0 Å². The Hall–Kier alpha value is -1.44. The topological polar surface area (TPSA) is 18.5 Å². The predicted octanol–water partition coefficient (Wildman–Crippen LogP) is 3.33. The van der Waals surface area contributed by atoms with Gasteiger partial charge in [0.05, 0.1) is 13.7 Å². The Balaban J connectivity index is 2.88. The lowest BCUT2D eigenvalue weighted by Gasteiger charge is -2.10. The van der Waals surface area contributed by atoms with E-state index in [1.54, 1.807) is 13.2 Å². The van der Waals surface area contributed by atoms with Gasteiger partial charge >= 0.3 is 0 Å². The van der Waals surface area contributed by atoms with Crippen molar-refractivity contribution in [2.24, 2.45) is 0 Å². The molecule has 0 saturated carbocycles. The number of methoxy groups -OCH3 is 1. The van der Waals surface area contributed by atoms with Crippen molar-refractivity contribution in [2.75, 3.05) is 13.7 Å². The highest BCUT2D eigenvalue weighted by Gasteiger charge is 2.03. The molecule has 0 bridgehead atoms. The summed E-state index contributed by atoms with van der Waals surface area (Å²) in [4.78, 5) is 0. The van der Waals surface area contributed by atoms with E-state index in [9.17, 15) is 0 Å². The molecular formula is C13H17O2. The van der Waals surface area contributed by atoms with E-state index >= 15 is 0 Å². The van der Waals surface area contributed by atoms with Gasteiger partial charge in [0.1, 0.15) is 0 Å². The van der Waals surface area contributed by atoms with Gasteiger partial charge in [-0.15, -0.1) is 0 Å². The summed E-state index contributed by atoms with van der Waals surface area (Å²) in [5.41, 5.74) is 1.06. The van der Waals surface area contributed by atoms with Crippen molar-refractivity contribution in [1.82, 2.24) is 0 Å². The van der Waals surface area contributed by atoms with Crippen LogP contribution >= 0.6 is 0 Å². The number of benzene rings is 1. The lowest BCUT2D eigenvalue weighted by molar-refractivity contribution is 0.294. The van der Waals surface area contributed by atoms with E-state index < -0.39 is 0 Å². The molecule has 0 saturated heterocycles. The quantitative estimate of drug-likeness (QED) is 0.734. The Labute approximate surface area is 91.5 Å². The molecule has 0 spiro atoms. The molecule has 0 N–H and O–H groups in total. The Morgan fingerprint density at radius 3 is 2.73 bits per heavy atom. The lowest BCUT2D eigenvalue weighted by atomic mass is 10.2. The van der Waals surface area contributed by atoms with Crippen LogP contribution in [0.4, 0.5) is 0 Å². The average molecular weight is 205 g/mol. The molecule has 81 valence electrons. The van der Waals surface area contributed by atoms with Crippen LogP contribution in [0.2, 0.25) is 0 Å². The fourth-order valence-corrected chi connectivity index (χ4v) is 1.26. The third-order valence-electron chi connectivity index (χ3n) is 1.96. The average Bonchev–Trinajstić information content (AvgIpc) is 2.27. The largest absolute Gasteiger partial charge is 0.493 e. The first-order valence-electron chi connectivity index (χ1n) is 5.08. The van der Waals surface area contributed by atoms with Crippen LogP contribution in [0.1, 0.15) is 18.9 Å². The van der Waals surface area contributed by atoms with Gasteiger partial charge in [0.2, 0.25) is 0 Å². The summed E-state index contributed by atoms with van der Waals surface area (Å²) in [5.74, 6) is 1.56. The van der Waals surface area contributed by atoms with E-state index in [1.165, 1.54) is 0 Å². The molecule has 0 amide bonds. The molecule has 0 unspecified atom stereocenters. The molecule has 1 aromatic carbocycles. The van der Waals surface area contributed by atoms with Crippen molar-refractivity contribution in [3.05, 3.63) is 36.8 Å². The van der Waals surface area contributed by atoms with Crippen LogP contribution in [-0.4, -0.2) is 13.7 Å². The van der Waals surface area contributed by atoms with Gasteiger partial charge in [0.15, 0.2) is 11.5 Å². The zero-order valence-electron chi connectivity index (χ0n) is 9.32. The fraction of sp³-hybridized carbons (Fsp3) is 0.308. The second-order valence-corrected chi connectivity index (χ2v) is 3.16. The van der Waals surface area contributed by atoms with Crippen molar-refractivity contribution in [1.29, 1.82) is 0 Å². The third kappa shape index (κ3) is 3.31. The predicted molar refractivity (Wildman–Crippen MR) is 63.2 cm³/mol. The van der Waals surface area contributed by atoms with E-state index in [0.717, 1.165) is 23.5 Å². The van der Waals surface area contributed by atoms with Crippen LogP contribution in [0.15, 0.2) is 24.3 Å². The molecule has 15 heavy (non-hydrogen) atoms. The van der Waals surface area contributed by atoms with Gasteiger partial charge in [0, 0.05) is 0 Å². The maximum absolute atomic E-state index is 5.55. The first-order valence-corrected chi connectivity index (χ1v) is 5.08. The number of hydrogen-bond acceptors (Lipinski definition) is 2. The highest BCUT2D eigenvalue weighted by Crippen LogP contribution is 2.28. The molecule has 0 fully saturated rings. The summed E-state index contributed by atoms with van der Waals surface area (Å²) in [6.45, 7) is 6.44. The summed E-state index contributed by atoms with van der Waals surface area (Å²) < 4.78 is 10.8. The van der Waals surface area contributed by atoms with Gasteiger partial charge in [0.25, 0.3) is 0 Å². The van der Waals surface area contributed by atoms with Crippen LogP contribution in [-0.2, 0) is 0 Å². The lowest BCUT2D eigenvalue weighted by Crippen LogP contribution is -1.97. The highest BCUT2D eigenvalue weighted by atomic mass is 16.5. The molecule has 0 aromatic heterocycles. The Bertz CT molecular complexity index is 329. The van der Waals surface area contributed by atoms with Crippen molar-refractivity contribution in [3.8, 4) is 11.5 Å². The third-order valence-corrected chi connectivity index (χ3v) is 1.96. The van der Waals surface area contributed by atoms with E-state index in [-0.39, 0.29) is 0 Å². The number of hydrogen-bond donors (Lipinski definition) is 0. The van der Waals surface area contributed by atoms with Crippen LogP contribution in [0.5, 0.6) is 11.5 Å². The molecule has 0 aliphatic rings. The number of allylic oxidation sites excluding steroid dienone is 1. The SMILES string of the molecule is [CH2]C=Cc1ccc(OCCC)c(OC)c1. The van der Waals surface area contributed by atoms with Gasteiger partial charge in [-0.3, -0.25) is 0 Å². The zero-order valence-corrected chi connectivity index (χ0v) is 9.32. The van der Waals surface area contributed by atoms with Crippen molar-refractivity contribution in [3.63, 3.8) is 0 Å². The van der Waals surface area contributed by atoms with Gasteiger partial charge in [-0.25, -0.2) is 0 Å². The van der Waals surface area contributed by atoms with E-state index in [1.807, 2.05) is 24.3 Å². The zero-order chi connectivity index (χ0) is 11.1. The normalized spacial score (nSPS) is 10.6. The summed E-state index contributed by atoms with van der Waals surface area (Å²) in [7, 11) is 1.64. The Morgan fingerprint density at radius 1 is 1.33 bits per heavy atom. The Morgan fingerprint density at radius 2 is 2.13 bits per heavy atom. The van der Waals surface area contributed by atoms with E-state index in [2.05, 4.69) is 13.8 Å². The molecule has 1 rings (SSSR count). The number of ether oxygens (including phenoxy) is 2. The monoisotopic (exact) mass is 205 g/mol. The summed E-state index contributed by atoms with van der Waals surface area (Å²) >= 11 is 0. The molecule has 1 aromatic rings. The molecule has 1 radical (unpaired) electrons. The maximum atomic E-state index is 5.55. The molecule has 0 atom stereocenters. The fourth-order valence-electron chi connectivity index (χ4n) is 1.26. The Kier molecular flexibility index (Phi) is 4.75. The van der Waals surface area contributed by atoms with Gasteiger partial charge in [-0.2, -0.15) is 0 Å². The molecule has 0 heterocycles. The first-order chi connectivity index (χ1) is 7.31. The molecule has 2 nitrogen and oxygen atoms in total. The standard InChI is InChI=1S/C13H17O2/c1-4-6-11-7-8-12(15-9-5-2)13(10-11)14-3/h4,6-8,10H,1,5,9H2,2-3H3. The molecule has 2 heteroatoms. The maximum Gasteiger partial charge on any atom is 0.161 e. The molecule has 0 aliphatic carbocycles. The van der Waals surface area contributed by atoms with Crippen molar-refractivity contribution < 1.29 is 9.47 Å². The van der Waals surface area contributed by atoms with Crippen molar-refractivity contribution >= 4 is 6.08 Å². The van der Waals surface area contributed by atoms with Gasteiger partial charge in [-0.05, 0) is 31.0 Å². The first kappa shape index (κ1) is 11.6. The van der Waals surface area contributed by atoms with E-state index in [0.29, 0.717) is 6.61 Å². The summed E-state index contributed by atoms with van der Waals surface area (Å²) in [6.07, 6.45) is 4.66. The second-order valence-electron chi connectivity index (χ2n) is 3.16. The second kappa shape index (κ2) is 6.12. The minimum absolute atomic E-state index is 0.709. The van der Waals surface area contributed by atoms with Crippen LogP contribution < -0.4 is 9.47 Å². The van der Waals surface area contributed by atoms with Crippen molar-refractivity contribution in [2.45, 2.75) is 13.3 Å². The smallest absolute Gasteiger partial charge is 0.161 e. The van der Waals surface area contributed by atoms with Gasteiger partial charge in [-0.1, -0.05) is 25.1 Å². The van der Waals surface area contributed by atoms with Crippen LogP contribution in [0, 0.1) is 6.92 Å². The highest BCUT2D eigenvalue weighted by molar-refractivity contribution is 5.56. The summed E-state index contributed by atoms with van der Waals surface area (Å²) in [6, 6.07) is 5.84. The molecule has 0 aliphatic heterocycles. The van der Waals surface area contributed by atoms with Gasteiger partial charge < -0.3 is 9.47 Å². The van der Waals surface area contributed by atoms with Crippen LogP contribution in [0.25, 0.3) is 6.08 Å². The molecular weight excluding hydrogens is 188 g/mol. The van der Waals surface area contributed by atoms with E-state index in [4.69, 9.17) is 9.47 Å². The minimum Gasteiger partial charge on any atom is -0.493 e. The minimum atomic E-state index is 0.709.